The molecule has 0 saturated carbocycles. The molecule has 1 unspecified atom stereocenters. The van der Waals surface area contributed by atoms with Gasteiger partial charge in [-0.1, -0.05) is 25.5 Å². The van der Waals surface area contributed by atoms with E-state index in [2.05, 4.69) is 18.2 Å². The molecule has 0 bridgehead atoms. The maximum atomic E-state index is 13.7. The quantitative estimate of drug-likeness (QED) is 0.328. The fourth-order valence-electron chi connectivity index (χ4n) is 4.29. The lowest BCUT2D eigenvalue weighted by Gasteiger charge is -2.18. The van der Waals surface area contributed by atoms with Gasteiger partial charge < -0.3 is 9.47 Å². The molecule has 0 aliphatic carbocycles. The fraction of sp³-hybridized carbons (Fsp3) is 0.357. The van der Waals surface area contributed by atoms with E-state index >= 15 is 0 Å². The number of rotatable bonds is 8. The molecule has 0 aliphatic rings. The highest BCUT2D eigenvalue weighted by Gasteiger charge is 2.24. The number of ether oxygens (including phenoxy) is 2. The second-order valence-electron chi connectivity index (χ2n) is 8.96. The number of hydrogen-bond donors (Lipinski definition) is 0. The number of aromatic nitrogens is 4. The van der Waals surface area contributed by atoms with E-state index in [1.54, 1.807) is 32.2 Å². The molecule has 0 amide bonds. The summed E-state index contributed by atoms with van der Waals surface area (Å²) in [5, 5.41) is 4.79. The molecule has 4 aromatic rings. The van der Waals surface area contributed by atoms with Gasteiger partial charge in [-0.25, -0.2) is 14.5 Å². The van der Waals surface area contributed by atoms with Gasteiger partial charge in [0.25, 0.3) is 5.56 Å². The number of hydrogen-bond acceptors (Lipinski definition) is 6. The molecule has 8 nitrogen and oxygen atoms in total. The van der Waals surface area contributed by atoms with Crippen LogP contribution in [0, 0.1) is 27.7 Å². The molecule has 0 aliphatic heterocycles. The van der Waals surface area contributed by atoms with Crippen LogP contribution in [0.15, 0.2) is 47.4 Å². The standard InChI is InChI=1S/C28H32N4O4/c1-7-10-24(28(34)35-8-2)36-23-11-9-14-31-26(23)29-20(6)25(27(31)33)21-16-19(5)32(30-21)22-15-17(3)12-13-18(22)4/h9,11-16,24H,7-8,10H2,1-6H3. The smallest absolute Gasteiger partial charge is 0.347 e. The van der Waals surface area contributed by atoms with Crippen LogP contribution in [-0.2, 0) is 9.53 Å². The minimum absolute atomic E-state index is 0.253. The van der Waals surface area contributed by atoms with Crippen LogP contribution in [-0.4, -0.2) is 37.8 Å². The molecule has 0 radical (unpaired) electrons. The van der Waals surface area contributed by atoms with Crippen molar-refractivity contribution in [3.63, 3.8) is 0 Å². The third kappa shape index (κ3) is 4.76. The molecule has 0 spiro atoms. The van der Waals surface area contributed by atoms with Crippen LogP contribution >= 0.6 is 0 Å². The largest absolute Gasteiger partial charge is 0.475 e. The van der Waals surface area contributed by atoms with Crippen molar-refractivity contribution in [1.82, 2.24) is 19.2 Å². The van der Waals surface area contributed by atoms with Crippen molar-refractivity contribution in [2.75, 3.05) is 6.61 Å². The number of carbonyl (C=O) groups is 1. The predicted octanol–water partition coefficient (Wildman–Crippen LogP) is 4.89. The van der Waals surface area contributed by atoms with Gasteiger partial charge in [0.1, 0.15) is 5.69 Å². The minimum atomic E-state index is -0.769. The first-order valence-electron chi connectivity index (χ1n) is 12.2. The van der Waals surface area contributed by atoms with E-state index in [9.17, 15) is 9.59 Å². The van der Waals surface area contributed by atoms with Crippen molar-refractivity contribution in [1.29, 1.82) is 0 Å². The maximum absolute atomic E-state index is 13.7. The summed E-state index contributed by atoms with van der Waals surface area (Å²) in [4.78, 5) is 30.8. The topological polar surface area (TPSA) is 87.7 Å². The Bertz CT molecular complexity index is 1490. The molecule has 4 rings (SSSR count). The Kier molecular flexibility index (Phi) is 7.24. The zero-order valence-electron chi connectivity index (χ0n) is 21.7. The third-order valence-corrected chi connectivity index (χ3v) is 6.11. The molecule has 3 heterocycles. The highest BCUT2D eigenvalue weighted by atomic mass is 16.6. The zero-order chi connectivity index (χ0) is 26.0. The van der Waals surface area contributed by atoms with Gasteiger partial charge in [0.15, 0.2) is 17.5 Å². The molecule has 188 valence electrons. The summed E-state index contributed by atoms with van der Waals surface area (Å²) in [7, 11) is 0. The van der Waals surface area contributed by atoms with Gasteiger partial charge >= 0.3 is 5.97 Å². The highest BCUT2D eigenvalue weighted by molar-refractivity contribution is 5.75. The summed E-state index contributed by atoms with van der Waals surface area (Å²) in [6.45, 7) is 11.8. The van der Waals surface area contributed by atoms with E-state index in [-0.39, 0.29) is 12.2 Å². The van der Waals surface area contributed by atoms with Crippen molar-refractivity contribution < 1.29 is 14.3 Å². The molecule has 1 aromatic carbocycles. The van der Waals surface area contributed by atoms with Gasteiger partial charge in [0.05, 0.1) is 23.6 Å². The summed E-state index contributed by atoms with van der Waals surface area (Å²) >= 11 is 0. The molecule has 0 saturated heterocycles. The number of pyridine rings is 1. The van der Waals surface area contributed by atoms with Gasteiger partial charge in [-0.2, -0.15) is 5.10 Å². The first-order chi connectivity index (χ1) is 17.2. The summed E-state index contributed by atoms with van der Waals surface area (Å²) in [6.07, 6.45) is 2.12. The SMILES string of the molecule is CCCC(Oc1cccn2c(=O)c(-c3cc(C)n(-c4cc(C)ccc4C)n3)c(C)nc12)C(=O)OCC. The molecule has 0 N–H and O–H groups in total. The molecular formula is C28H32N4O4. The maximum Gasteiger partial charge on any atom is 0.347 e. The average molecular weight is 489 g/mol. The molecule has 3 aromatic heterocycles. The summed E-state index contributed by atoms with van der Waals surface area (Å²) < 4.78 is 14.5. The number of aryl methyl sites for hydroxylation is 4. The van der Waals surface area contributed by atoms with Crippen molar-refractivity contribution in [3.8, 4) is 22.7 Å². The van der Waals surface area contributed by atoms with Crippen molar-refractivity contribution in [2.24, 2.45) is 0 Å². The van der Waals surface area contributed by atoms with Crippen LogP contribution in [0.4, 0.5) is 0 Å². The summed E-state index contributed by atoms with van der Waals surface area (Å²) in [5.41, 5.74) is 5.72. The van der Waals surface area contributed by atoms with Crippen LogP contribution in [0.2, 0.25) is 0 Å². The highest BCUT2D eigenvalue weighted by Crippen LogP contribution is 2.26. The van der Waals surface area contributed by atoms with Crippen LogP contribution < -0.4 is 10.3 Å². The monoisotopic (exact) mass is 488 g/mol. The molecule has 1 atom stereocenters. The first kappa shape index (κ1) is 25.2. The number of benzene rings is 1. The van der Waals surface area contributed by atoms with E-state index in [0.29, 0.717) is 34.8 Å². The Labute approximate surface area is 210 Å². The number of carbonyl (C=O) groups excluding carboxylic acids is 1. The molecule has 8 heteroatoms. The lowest BCUT2D eigenvalue weighted by Crippen LogP contribution is -2.30. The van der Waals surface area contributed by atoms with Crippen LogP contribution in [0.5, 0.6) is 5.75 Å². The normalized spacial score (nSPS) is 12.1. The van der Waals surface area contributed by atoms with E-state index in [1.165, 1.54) is 4.40 Å². The second kappa shape index (κ2) is 10.4. The van der Waals surface area contributed by atoms with Gasteiger partial charge in [-0.3, -0.25) is 9.20 Å². The molecule has 36 heavy (non-hydrogen) atoms. The van der Waals surface area contributed by atoms with Crippen molar-refractivity contribution >= 4 is 11.6 Å². The summed E-state index contributed by atoms with van der Waals surface area (Å²) in [5.74, 6) is -0.0719. The van der Waals surface area contributed by atoms with E-state index in [4.69, 9.17) is 19.6 Å². The number of nitrogens with zero attached hydrogens (tertiary/aromatic N) is 4. The third-order valence-electron chi connectivity index (χ3n) is 6.11. The fourth-order valence-corrected chi connectivity index (χ4v) is 4.29. The lowest BCUT2D eigenvalue weighted by atomic mass is 10.1. The first-order valence-corrected chi connectivity index (χ1v) is 12.2. The summed E-state index contributed by atoms with van der Waals surface area (Å²) in [6, 6.07) is 11.5. The predicted molar refractivity (Wildman–Crippen MR) is 139 cm³/mol. The van der Waals surface area contributed by atoms with Gasteiger partial charge in [0, 0.05) is 11.9 Å². The average Bonchev–Trinajstić information content (AvgIpc) is 3.21. The Hall–Kier alpha value is -3.94. The Morgan fingerprint density at radius 3 is 2.58 bits per heavy atom. The lowest BCUT2D eigenvalue weighted by molar-refractivity contribution is -0.151. The van der Waals surface area contributed by atoms with E-state index < -0.39 is 12.1 Å². The molecular weight excluding hydrogens is 456 g/mol. The number of fused-ring (bicyclic) bond motifs is 1. The Morgan fingerprint density at radius 2 is 1.86 bits per heavy atom. The van der Waals surface area contributed by atoms with Crippen molar-refractivity contribution in [3.05, 3.63) is 75.5 Å². The van der Waals surface area contributed by atoms with Gasteiger partial charge in [-0.15, -0.1) is 0 Å². The Morgan fingerprint density at radius 1 is 1.08 bits per heavy atom. The van der Waals surface area contributed by atoms with E-state index in [1.807, 2.05) is 38.4 Å². The van der Waals surface area contributed by atoms with Crippen LogP contribution in [0.1, 0.15) is 49.2 Å². The van der Waals surface area contributed by atoms with Crippen LogP contribution in [0.25, 0.3) is 22.6 Å². The van der Waals surface area contributed by atoms with Gasteiger partial charge in [0.2, 0.25) is 0 Å². The number of esters is 1. The van der Waals surface area contributed by atoms with Crippen LogP contribution in [0.3, 0.4) is 0 Å². The molecule has 0 fully saturated rings. The minimum Gasteiger partial charge on any atom is -0.475 e. The Balaban J connectivity index is 1.80. The van der Waals surface area contributed by atoms with Gasteiger partial charge in [-0.05, 0) is 76.4 Å². The zero-order valence-corrected chi connectivity index (χ0v) is 21.7. The van der Waals surface area contributed by atoms with Crippen molar-refractivity contribution in [2.45, 2.75) is 60.5 Å². The van der Waals surface area contributed by atoms with E-state index in [0.717, 1.165) is 28.9 Å². The second-order valence-corrected chi connectivity index (χ2v) is 8.96.